The standard InChI is InChI=1S/C20H23FN4O3/c21-14-11-22-19(23-13-7-5-12(6-8-13)18(26)27)25-17(14)15-3-1-4-16(24-15)20(28)9-2-10-20/h1,3-4,11-13,28H,2,5-10H2,(H,26,27)(H,22,23,25). The summed E-state index contributed by atoms with van der Waals surface area (Å²) >= 11 is 0. The van der Waals surface area contributed by atoms with Gasteiger partial charge in [-0.05, 0) is 57.1 Å². The first-order chi connectivity index (χ1) is 13.4. The number of pyridine rings is 1. The number of halogens is 1. The van der Waals surface area contributed by atoms with Crippen molar-refractivity contribution in [1.82, 2.24) is 15.0 Å². The van der Waals surface area contributed by atoms with Gasteiger partial charge in [0.1, 0.15) is 11.3 Å². The van der Waals surface area contributed by atoms with E-state index in [9.17, 15) is 14.3 Å². The summed E-state index contributed by atoms with van der Waals surface area (Å²) in [5.41, 5.74) is 0.0521. The fraction of sp³-hybridized carbons (Fsp3) is 0.500. The van der Waals surface area contributed by atoms with Crippen molar-refractivity contribution in [3.8, 4) is 11.4 Å². The number of hydrogen-bond acceptors (Lipinski definition) is 6. The van der Waals surface area contributed by atoms with Crippen LogP contribution in [0, 0.1) is 11.7 Å². The summed E-state index contributed by atoms with van der Waals surface area (Å²) in [6, 6.07) is 5.22. The minimum Gasteiger partial charge on any atom is -0.481 e. The summed E-state index contributed by atoms with van der Waals surface area (Å²) in [5.74, 6) is -1.33. The number of carbonyl (C=O) groups is 1. The first kappa shape index (κ1) is 18.7. The molecule has 7 nitrogen and oxygen atoms in total. The molecule has 4 rings (SSSR count). The zero-order valence-corrected chi connectivity index (χ0v) is 15.4. The van der Waals surface area contributed by atoms with Crippen molar-refractivity contribution < 1.29 is 19.4 Å². The second kappa shape index (κ2) is 7.43. The third kappa shape index (κ3) is 3.69. The van der Waals surface area contributed by atoms with Gasteiger partial charge in [0.2, 0.25) is 5.95 Å². The molecular weight excluding hydrogens is 363 g/mol. The van der Waals surface area contributed by atoms with Crippen LogP contribution >= 0.6 is 0 Å². The Morgan fingerprint density at radius 1 is 1.18 bits per heavy atom. The van der Waals surface area contributed by atoms with Crippen molar-refractivity contribution in [2.45, 2.75) is 56.6 Å². The maximum Gasteiger partial charge on any atom is 0.306 e. The zero-order valence-electron chi connectivity index (χ0n) is 15.4. The molecule has 2 heterocycles. The molecule has 3 N–H and O–H groups in total. The van der Waals surface area contributed by atoms with Gasteiger partial charge in [0.05, 0.1) is 23.5 Å². The van der Waals surface area contributed by atoms with Crippen molar-refractivity contribution in [3.63, 3.8) is 0 Å². The van der Waals surface area contributed by atoms with Crippen LogP contribution < -0.4 is 5.32 Å². The summed E-state index contributed by atoms with van der Waals surface area (Å²) in [5, 5.41) is 22.8. The average molecular weight is 386 g/mol. The number of nitrogens with zero attached hydrogens (tertiary/aromatic N) is 3. The zero-order chi connectivity index (χ0) is 19.7. The molecule has 0 unspecified atom stereocenters. The van der Waals surface area contributed by atoms with Crippen LogP contribution in [0.1, 0.15) is 50.6 Å². The van der Waals surface area contributed by atoms with E-state index in [1.807, 2.05) is 0 Å². The number of aliphatic carboxylic acids is 1. The van der Waals surface area contributed by atoms with Gasteiger partial charge in [0.25, 0.3) is 0 Å². The fourth-order valence-electron chi connectivity index (χ4n) is 3.88. The first-order valence-electron chi connectivity index (χ1n) is 9.67. The first-order valence-corrected chi connectivity index (χ1v) is 9.67. The van der Waals surface area contributed by atoms with E-state index in [2.05, 4.69) is 20.3 Å². The van der Waals surface area contributed by atoms with Crippen molar-refractivity contribution in [3.05, 3.63) is 35.9 Å². The molecule has 2 aromatic rings. The van der Waals surface area contributed by atoms with E-state index in [0.717, 1.165) is 12.6 Å². The van der Waals surface area contributed by atoms with Gasteiger partial charge in [-0.1, -0.05) is 6.07 Å². The number of carboxylic acid groups (broad SMARTS) is 1. The van der Waals surface area contributed by atoms with Crippen LogP contribution in [-0.2, 0) is 10.4 Å². The van der Waals surface area contributed by atoms with Gasteiger partial charge in [0.15, 0.2) is 5.82 Å². The van der Waals surface area contributed by atoms with Gasteiger partial charge in [-0.2, -0.15) is 0 Å². The molecule has 0 aromatic carbocycles. The van der Waals surface area contributed by atoms with Crippen LogP contribution in [0.3, 0.4) is 0 Å². The number of aromatic nitrogens is 3. The number of aliphatic hydroxyl groups is 1. The Hall–Kier alpha value is -2.61. The third-order valence-corrected chi connectivity index (χ3v) is 5.80. The number of anilines is 1. The van der Waals surface area contributed by atoms with Gasteiger partial charge in [-0.3, -0.25) is 4.79 Å². The maximum absolute atomic E-state index is 14.4. The second-order valence-corrected chi connectivity index (χ2v) is 7.71. The Labute approximate surface area is 162 Å². The number of carboxylic acids is 1. The van der Waals surface area contributed by atoms with Gasteiger partial charge in [0, 0.05) is 6.04 Å². The van der Waals surface area contributed by atoms with Crippen molar-refractivity contribution in [1.29, 1.82) is 0 Å². The number of nitrogens with one attached hydrogen (secondary N) is 1. The lowest BCUT2D eigenvalue weighted by molar-refractivity contribution is -0.142. The van der Waals surface area contributed by atoms with Crippen molar-refractivity contribution in [2.24, 2.45) is 5.92 Å². The quantitative estimate of drug-likeness (QED) is 0.724. The van der Waals surface area contributed by atoms with Crippen LogP contribution in [0.15, 0.2) is 24.4 Å². The van der Waals surface area contributed by atoms with E-state index in [1.54, 1.807) is 18.2 Å². The highest BCUT2D eigenvalue weighted by molar-refractivity contribution is 5.70. The topological polar surface area (TPSA) is 108 Å². The van der Waals surface area contributed by atoms with E-state index in [1.165, 1.54) is 0 Å². The van der Waals surface area contributed by atoms with Crippen LogP contribution in [0.5, 0.6) is 0 Å². The Morgan fingerprint density at radius 3 is 2.57 bits per heavy atom. The molecule has 0 amide bonds. The molecule has 8 heteroatoms. The molecule has 2 aromatic heterocycles. The predicted molar refractivity (Wildman–Crippen MR) is 100.0 cm³/mol. The lowest BCUT2D eigenvalue weighted by atomic mass is 9.77. The molecule has 0 bridgehead atoms. The van der Waals surface area contributed by atoms with E-state index in [0.29, 0.717) is 55.9 Å². The highest BCUT2D eigenvalue weighted by atomic mass is 19.1. The summed E-state index contributed by atoms with van der Waals surface area (Å²) in [6.45, 7) is 0. The molecule has 0 aliphatic heterocycles. The molecule has 0 radical (unpaired) electrons. The van der Waals surface area contributed by atoms with E-state index in [4.69, 9.17) is 5.11 Å². The van der Waals surface area contributed by atoms with Crippen LogP contribution in [0.25, 0.3) is 11.4 Å². The molecule has 2 aliphatic rings. The highest BCUT2D eigenvalue weighted by Crippen LogP contribution is 2.40. The number of hydrogen-bond donors (Lipinski definition) is 3. The summed E-state index contributed by atoms with van der Waals surface area (Å²) < 4.78 is 14.4. The Kier molecular flexibility index (Phi) is 4.97. The SMILES string of the molecule is O=C(O)C1CCC(Nc2ncc(F)c(-c3cccc(C4(O)CCC4)n3)n2)CC1. The summed E-state index contributed by atoms with van der Waals surface area (Å²) in [4.78, 5) is 23.8. The maximum atomic E-state index is 14.4. The normalized spacial score (nSPS) is 23.6. The molecule has 28 heavy (non-hydrogen) atoms. The van der Waals surface area contributed by atoms with Crippen molar-refractivity contribution in [2.75, 3.05) is 5.32 Å². The molecule has 2 fully saturated rings. The second-order valence-electron chi connectivity index (χ2n) is 7.71. The van der Waals surface area contributed by atoms with E-state index < -0.39 is 17.4 Å². The smallest absolute Gasteiger partial charge is 0.306 e. The Balaban J connectivity index is 1.52. The molecule has 0 saturated heterocycles. The molecule has 148 valence electrons. The molecule has 0 atom stereocenters. The number of rotatable bonds is 5. The van der Waals surface area contributed by atoms with Gasteiger partial charge >= 0.3 is 5.97 Å². The Bertz CT molecular complexity index is 880. The Morgan fingerprint density at radius 2 is 1.93 bits per heavy atom. The van der Waals surface area contributed by atoms with E-state index >= 15 is 0 Å². The molecule has 0 spiro atoms. The largest absolute Gasteiger partial charge is 0.481 e. The summed E-state index contributed by atoms with van der Waals surface area (Å²) in [6.07, 6.45) is 5.97. The predicted octanol–water partition coefficient (Wildman–Crippen LogP) is 3.10. The van der Waals surface area contributed by atoms with Gasteiger partial charge in [-0.15, -0.1) is 0 Å². The van der Waals surface area contributed by atoms with Crippen LogP contribution in [0.2, 0.25) is 0 Å². The monoisotopic (exact) mass is 386 g/mol. The lowest BCUT2D eigenvalue weighted by Gasteiger charge is -2.36. The van der Waals surface area contributed by atoms with Crippen LogP contribution in [0.4, 0.5) is 10.3 Å². The fourth-order valence-corrected chi connectivity index (χ4v) is 3.88. The highest BCUT2D eigenvalue weighted by Gasteiger charge is 2.37. The lowest BCUT2D eigenvalue weighted by Crippen LogP contribution is -2.34. The molecule has 2 saturated carbocycles. The summed E-state index contributed by atoms with van der Waals surface area (Å²) in [7, 11) is 0. The minimum atomic E-state index is -0.927. The van der Waals surface area contributed by atoms with Crippen LogP contribution in [-0.4, -0.2) is 37.2 Å². The third-order valence-electron chi connectivity index (χ3n) is 5.80. The van der Waals surface area contributed by atoms with E-state index in [-0.39, 0.29) is 17.7 Å². The minimum absolute atomic E-state index is 0.0592. The van der Waals surface area contributed by atoms with Crippen molar-refractivity contribution >= 4 is 11.9 Å². The average Bonchev–Trinajstić information content (AvgIpc) is 2.68. The molecule has 2 aliphatic carbocycles. The molecular formula is C20H23FN4O3. The van der Waals surface area contributed by atoms with Gasteiger partial charge < -0.3 is 15.5 Å². The van der Waals surface area contributed by atoms with Gasteiger partial charge in [-0.25, -0.2) is 19.3 Å².